The number of aromatic nitrogens is 2. The zero-order valence-electron chi connectivity index (χ0n) is 16.2. The number of rotatable bonds is 7. The van der Waals surface area contributed by atoms with E-state index in [-0.39, 0.29) is 24.8 Å². The molecule has 0 aliphatic carbocycles. The number of H-pyrrole nitrogens is 1. The van der Waals surface area contributed by atoms with Gasteiger partial charge in [-0.15, -0.1) is 0 Å². The van der Waals surface area contributed by atoms with Crippen LogP contribution in [0.5, 0.6) is 0 Å². The largest absolute Gasteiger partial charge is 0.384 e. The van der Waals surface area contributed by atoms with E-state index in [2.05, 4.69) is 20.6 Å². The summed E-state index contributed by atoms with van der Waals surface area (Å²) in [5.74, 6) is -0.307. The lowest BCUT2D eigenvalue weighted by Crippen LogP contribution is -2.48. The van der Waals surface area contributed by atoms with Gasteiger partial charge in [0.1, 0.15) is 17.6 Å². The highest BCUT2D eigenvalue weighted by atomic mass is 35.5. The molecule has 2 amide bonds. The molecule has 3 rings (SSSR count). The van der Waals surface area contributed by atoms with Crippen LogP contribution >= 0.6 is 23.2 Å². The minimum atomic E-state index is -0.820. The van der Waals surface area contributed by atoms with E-state index in [9.17, 15) is 9.59 Å². The molecule has 0 bridgehead atoms. The van der Waals surface area contributed by atoms with Crippen LogP contribution in [-0.4, -0.2) is 27.8 Å². The molecular weight excluding hydrogens is 425 g/mol. The third kappa shape index (κ3) is 5.52. The molecule has 0 aliphatic heterocycles. The second kappa shape index (κ2) is 9.65. The van der Waals surface area contributed by atoms with Gasteiger partial charge < -0.3 is 21.4 Å². The molecule has 2 heterocycles. The molecule has 9 heteroatoms. The molecule has 5 N–H and O–H groups in total. The highest BCUT2D eigenvalue weighted by molar-refractivity contribution is 6.42. The highest BCUT2D eigenvalue weighted by Crippen LogP contribution is 2.23. The number of aryl methyl sites for hydroxylation is 1. The fourth-order valence-electron chi connectivity index (χ4n) is 2.89. The number of nitrogen functional groups attached to an aromatic ring is 1. The molecule has 0 saturated carbocycles. The summed E-state index contributed by atoms with van der Waals surface area (Å²) in [6.07, 6.45) is 3.51. The van der Waals surface area contributed by atoms with E-state index in [1.807, 2.05) is 6.92 Å². The first-order valence-electron chi connectivity index (χ1n) is 9.20. The number of halogens is 2. The molecule has 0 saturated heterocycles. The SMILES string of the molecule is Cc1cc[nH]c1C(=O)N[C@@H](Cc1ccc(Cl)c(Cl)c1)C(=O)NCc1ccc(N)nc1. The Balaban J connectivity index is 1.75. The number of nitrogens with one attached hydrogen (secondary N) is 3. The van der Waals surface area contributed by atoms with Crippen molar-refractivity contribution in [2.24, 2.45) is 0 Å². The van der Waals surface area contributed by atoms with Gasteiger partial charge in [-0.05, 0) is 47.9 Å². The van der Waals surface area contributed by atoms with Crippen LogP contribution in [0.4, 0.5) is 5.82 Å². The standard InChI is InChI=1S/C21H21Cl2N5O2/c1-12-6-7-25-19(12)21(30)28-17(9-13-2-4-15(22)16(23)8-13)20(29)27-11-14-3-5-18(24)26-10-14/h2-8,10,17,25H,9,11H2,1H3,(H2,24,26)(H,27,29)(H,28,30)/t17-/m0/s1. The molecule has 1 aromatic carbocycles. The number of carbonyl (C=O) groups is 2. The van der Waals surface area contributed by atoms with E-state index in [1.165, 1.54) is 0 Å². The van der Waals surface area contributed by atoms with Crippen molar-refractivity contribution in [3.63, 3.8) is 0 Å². The second-order valence-corrected chi connectivity index (χ2v) is 7.64. The van der Waals surface area contributed by atoms with Gasteiger partial charge in [0.25, 0.3) is 5.91 Å². The number of benzene rings is 1. The van der Waals surface area contributed by atoms with Crippen LogP contribution in [0.2, 0.25) is 10.0 Å². The lowest BCUT2D eigenvalue weighted by Gasteiger charge is -2.19. The van der Waals surface area contributed by atoms with Crippen molar-refractivity contribution >= 4 is 40.8 Å². The molecule has 3 aromatic rings. The van der Waals surface area contributed by atoms with Gasteiger partial charge in [0.05, 0.1) is 10.0 Å². The maximum atomic E-state index is 12.9. The Labute approximate surface area is 184 Å². The normalized spacial score (nSPS) is 11.7. The number of nitrogens with zero attached hydrogens (tertiary/aromatic N) is 1. The van der Waals surface area contributed by atoms with Crippen molar-refractivity contribution in [1.29, 1.82) is 0 Å². The molecule has 2 aromatic heterocycles. The first-order chi connectivity index (χ1) is 14.3. The zero-order chi connectivity index (χ0) is 21.7. The minimum absolute atomic E-state index is 0.244. The number of pyridine rings is 1. The van der Waals surface area contributed by atoms with Crippen LogP contribution in [0.1, 0.15) is 27.2 Å². The highest BCUT2D eigenvalue weighted by Gasteiger charge is 2.23. The lowest BCUT2D eigenvalue weighted by molar-refractivity contribution is -0.123. The number of anilines is 1. The van der Waals surface area contributed by atoms with Gasteiger partial charge in [-0.3, -0.25) is 9.59 Å². The average molecular weight is 446 g/mol. The summed E-state index contributed by atoms with van der Waals surface area (Å²) in [6, 6.07) is 9.51. The Morgan fingerprint density at radius 3 is 2.53 bits per heavy atom. The van der Waals surface area contributed by atoms with Gasteiger partial charge in [0.2, 0.25) is 5.91 Å². The summed E-state index contributed by atoms with van der Waals surface area (Å²) >= 11 is 12.1. The van der Waals surface area contributed by atoms with Crippen molar-refractivity contribution in [2.45, 2.75) is 25.9 Å². The second-order valence-electron chi connectivity index (χ2n) is 6.82. The van der Waals surface area contributed by atoms with Gasteiger partial charge in [-0.1, -0.05) is 35.3 Å². The van der Waals surface area contributed by atoms with E-state index >= 15 is 0 Å². The van der Waals surface area contributed by atoms with Crippen molar-refractivity contribution < 1.29 is 9.59 Å². The molecule has 156 valence electrons. The quantitative estimate of drug-likeness (QED) is 0.446. The van der Waals surface area contributed by atoms with Crippen LogP contribution in [0.15, 0.2) is 48.8 Å². The monoisotopic (exact) mass is 445 g/mol. The molecule has 0 radical (unpaired) electrons. The fourth-order valence-corrected chi connectivity index (χ4v) is 3.21. The fraction of sp³-hybridized carbons (Fsp3) is 0.190. The number of aromatic amines is 1. The number of hydrogen-bond donors (Lipinski definition) is 4. The summed E-state index contributed by atoms with van der Waals surface area (Å²) in [7, 11) is 0. The zero-order valence-corrected chi connectivity index (χ0v) is 17.7. The van der Waals surface area contributed by atoms with E-state index in [0.717, 1.165) is 16.7 Å². The molecule has 0 aliphatic rings. The Kier molecular flexibility index (Phi) is 6.97. The van der Waals surface area contributed by atoms with Gasteiger partial charge in [0, 0.05) is 25.4 Å². The first-order valence-corrected chi connectivity index (χ1v) is 9.96. The summed E-state index contributed by atoms with van der Waals surface area (Å²) < 4.78 is 0. The molecule has 1 atom stereocenters. The van der Waals surface area contributed by atoms with Crippen molar-refractivity contribution in [1.82, 2.24) is 20.6 Å². The maximum absolute atomic E-state index is 12.9. The van der Waals surface area contributed by atoms with Gasteiger partial charge in [0.15, 0.2) is 0 Å². The topological polar surface area (TPSA) is 113 Å². The predicted molar refractivity (Wildman–Crippen MR) is 117 cm³/mol. The Hall–Kier alpha value is -3.03. The smallest absolute Gasteiger partial charge is 0.268 e. The summed E-state index contributed by atoms with van der Waals surface area (Å²) in [4.78, 5) is 32.5. The van der Waals surface area contributed by atoms with E-state index < -0.39 is 6.04 Å². The summed E-state index contributed by atoms with van der Waals surface area (Å²) in [5, 5.41) is 6.42. The van der Waals surface area contributed by atoms with E-state index in [0.29, 0.717) is 21.6 Å². The van der Waals surface area contributed by atoms with Crippen LogP contribution in [0, 0.1) is 6.92 Å². The van der Waals surface area contributed by atoms with Crippen LogP contribution in [0.3, 0.4) is 0 Å². The summed E-state index contributed by atoms with van der Waals surface area (Å²) in [5.41, 5.74) is 8.33. The number of carbonyl (C=O) groups excluding carboxylic acids is 2. The Morgan fingerprint density at radius 2 is 1.90 bits per heavy atom. The number of nitrogens with two attached hydrogens (primary N) is 1. The van der Waals surface area contributed by atoms with Gasteiger partial charge in [-0.2, -0.15) is 0 Å². The van der Waals surface area contributed by atoms with Crippen molar-refractivity contribution in [2.75, 3.05) is 5.73 Å². The molecule has 0 unspecified atom stereocenters. The third-order valence-corrected chi connectivity index (χ3v) is 5.28. The van der Waals surface area contributed by atoms with Crippen LogP contribution in [-0.2, 0) is 17.8 Å². The molecule has 7 nitrogen and oxygen atoms in total. The van der Waals surface area contributed by atoms with Crippen molar-refractivity contribution in [3.8, 4) is 0 Å². The van der Waals surface area contributed by atoms with E-state index in [1.54, 1.807) is 48.8 Å². The molecule has 0 spiro atoms. The average Bonchev–Trinajstić information content (AvgIpc) is 3.15. The number of hydrogen-bond acceptors (Lipinski definition) is 4. The van der Waals surface area contributed by atoms with Crippen molar-refractivity contribution in [3.05, 3.63) is 81.2 Å². The van der Waals surface area contributed by atoms with Crippen LogP contribution < -0.4 is 16.4 Å². The third-order valence-electron chi connectivity index (χ3n) is 4.54. The van der Waals surface area contributed by atoms with Gasteiger partial charge >= 0.3 is 0 Å². The van der Waals surface area contributed by atoms with E-state index in [4.69, 9.17) is 28.9 Å². The molecule has 0 fully saturated rings. The lowest BCUT2D eigenvalue weighted by atomic mass is 10.0. The molecular formula is C21H21Cl2N5O2. The number of amides is 2. The Bertz CT molecular complexity index is 1050. The van der Waals surface area contributed by atoms with Crippen LogP contribution in [0.25, 0.3) is 0 Å². The predicted octanol–water partition coefficient (Wildman–Crippen LogP) is 3.26. The maximum Gasteiger partial charge on any atom is 0.268 e. The Morgan fingerprint density at radius 1 is 1.13 bits per heavy atom. The minimum Gasteiger partial charge on any atom is -0.384 e. The summed E-state index contributed by atoms with van der Waals surface area (Å²) in [6.45, 7) is 2.06. The first kappa shape index (κ1) is 21.7. The molecule has 30 heavy (non-hydrogen) atoms. The van der Waals surface area contributed by atoms with Gasteiger partial charge in [-0.25, -0.2) is 4.98 Å².